The quantitative estimate of drug-likeness (QED) is 0.776. The zero-order chi connectivity index (χ0) is 16.4. The fraction of sp³-hybridized carbons (Fsp3) is 0.222. The first kappa shape index (κ1) is 14.6. The average Bonchev–Trinajstić information content (AvgIpc) is 3.07. The van der Waals surface area contributed by atoms with E-state index in [0.29, 0.717) is 19.2 Å². The molecule has 1 aliphatic rings. The molecular weight excluding hydrogens is 306 g/mol. The lowest BCUT2D eigenvalue weighted by Crippen LogP contribution is -2.05. The number of nitrogens with one attached hydrogen (secondary N) is 1. The largest absolute Gasteiger partial charge is 0.464 e. The van der Waals surface area contributed by atoms with Gasteiger partial charge in [0, 0.05) is 11.9 Å². The molecule has 0 spiro atoms. The van der Waals surface area contributed by atoms with E-state index in [1.165, 1.54) is 0 Å². The average molecular weight is 323 g/mol. The zero-order valence-corrected chi connectivity index (χ0v) is 13.3. The topological polar surface area (TPSA) is 65.5 Å². The second kappa shape index (κ2) is 6.23. The third-order valence-electron chi connectivity index (χ3n) is 3.75. The maximum atomic E-state index is 5.47. The maximum absolute atomic E-state index is 5.47. The van der Waals surface area contributed by atoms with Crippen molar-refractivity contribution in [2.24, 2.45) is 0 Å². The Bertz CT molecular complexity index is 883. The van der Waals surface area contributed by atoms with Crippen LogP contribution >= 0.6 is 0 Å². The Balaban J connectivity index is 1.61. The molecule has 0 radical (unpaired) electrons. The van der Waals surface area contributed by atoms with Gasteiger partial charge in [0.1, 0.15) is 5.82 Å². The molecule has 1 aliphatic heterocycles. The van der Waals surface area contributed by atoms with E-state index in [9.17, 15) is 0 Å². The molecule has 0 bridgehead atoms. The predicted octanol–water partition coefficient (Wildman–Crippen LogP) is 3.37. The number of hydrogen-bond donors (Lipinski definition) is 1. The summed E-state index contributed by atoms with van der Waals surface area (Å²) in [6.07, 6.45) is 0. The van der Waals surface area contributed by atoms with Crippen LogP contribution in [0.3, 0.4) is 0 Å². The molecule has 2 heterocycles. The Morgan fingerprint density at radius 2 is 1.96 bits per heavy atom. The Labute approximate surface area is 139 Å². The van der Waals surface area contributed by atoms with Crippen LogP contribution in [0.1, 0.15) is 12.5 Å². The van der Waals surface area contributed by atoms with Crippen molar-refractivity contribution in [3.63, 3.8) is 0 Å². The van der Waals surface area contributed by atoms with Crippen molar-refractivity contribution < 1.29 is 14.2 Å². The summed E-state index contributed by atoms with van der Waals surface area (Å²) in [6, 6.07) is 14.1. The van der Waals surface area contributed by atoms with Crippen molar-refractivity contribution >= 4 is 16.7 Å². The van der Waals surface area contributed by atoms with E-state index in [1.54, 1.807) is 0 Å². The van der Waals surface area contributed by atoms with E-state index in [4.69, 9.17) is 14.2 Å². The van der Waals surface area contributed by atoms with Gasteiger partial charge in [-0.1, -0.05) is 18.2 Å². The van der Waals surface area contributed by atoms with Crippen molar-refractivity contribution in [3.05, 3.63) is 48.0 Å². The first-order chi connectivity index (χ1) is 11.8. The van der Waals surface area contributed by atoms with Gasteiger partial charge in [-0.2, -0.15) is 9.97 Å². The van der Waals surface area contributed by atoms with Gasteiger partial charge < -0.3 is 19.5 Å². The minimum absolute atomic E-state index is 0.278. The van der Waals surface area contributed by atoms with Crippen molar-refractivity contribution in [1.82, 2.24) is 9.97 Å². The maximum Gasteiger partial charge on any atom is 0.318 e. The molecule has 1 aromatic heterocycles. The van der Waals surface area contributed by atoms with Crippen molar-refractivity contribution in [1.29, 1.82) is 0 Å². The molecule has 0 saturated carbocycles. The van der Waals surface area contributed by atoms with Crippen molar-refractivity contribution in [2.45, 2.75) is 13.5 Å². The molecule has 3 aromatic rings. The third kappa shape index (κ3) is 2.78. The second-order valence-electron chi connectivity index (χ2n) is 5.35. The monoisotopic (exact) mass is 323 g/mol. The lowest BCUT2D eigenvalue weighted by atomic mass is 10.2. The van der Waals surface area contributed by atoms with Crippen LogP contribution in [0, 0.1) is 0 Å². The summed E-state index contributed by atoms with van der Waals surface area (Å²) in [5.41, 5.74) is 1.93. The van der Waals surface area contributed by atoms with Gasteiger partial charge in [-0.25, -0.2) is 0 Å². The minimum Gasteiger partial charge on any atom is -0.464 e. The second-order valence-corrected chi connectivity index (χ2v) is 5.35. The molecule has 1 N–H and O–H groups in total. The van der Waals surface area contributed by atoms with Gasteiger partial charge in [-0.3, -0.25) is 0 Å². The molecular formula is C18H17N3O3. The number of hydrogen-bond acceptors (Lipinski definition) is 6. The van der Waals surface area contributed by atoms with Gasteiger partial charge in [0.25, 0.3) is 0 Å². The van der Waals surface area contributed by atoms with Gasteiger partial charge in [0.05, 0.1) is 12.1 Å². The van der Waals surface area contributed by atoms with E-state index in [-0.39, 0.29) is 6.79 Å². The minimum atomic E-state index is 0.278. The van der Waals surface area contributed by atoms with Gasteiger partial charge in [-0.15, -0.1) is 0 Å². The molecule has 6 nitrogen and oxygen atoms in total. The Hall–Kier alpha value is -3.02. The van der Waals surface area contributed by atoms with Crippen LogP contribution in [-0.2, 0) is 6.54 Å². The number of rotatable bonds is 5. The van der Waals surface area contributed by atoms with Crippen LogP contribution in [0.2, 0.25) is 0 Å². The number of anilines is 1. The zero-order valence-electron chi connectivity index (χ0n) is 13.3. The van der Waals surface area contributed by atoms with Crippen molar-refractivity contribution in [3.8, 4) is 17.5 Å². The molecule has 0 amide bonds. The number of para-hydroxylation sites is 1. The summed E-state index contributed by atoms with van der Waals surface area (Å²) in [5, 5.41) is 4.33. The lowest BCUT2D eigenvalue weighted by molar-refractivity contribution is 0.174. The van der Waals surface area contributed by atoms with Crippen LogP contribution in [0.4, 0.5) is 5.82 Å². The van der Waals surface area contributed by atoms with E-state index in [0.717, 1.165) is 33.8 Å². The molecule has 122 valence electrons. The molecule has 0 aliphatic carbocycles. The summed E-state index contributed by atoms with van der Waals surface area (Å²) in [5.74, 6) is 2.31. The summed E-state index contributed by atoms with van der Waals surface area (Å²) in [6.45, 7) is 3.34. The first-order valence-electron chi connectivity index (χ1n) is 7.85. The summed E-state index contributed by atoms with van der Waals surface area (Å²) in [7, 11) is 0. The van der Waals surface area contributed by atoms with Crippen molar-refractivity contribution in [2.75, 3.05) is 18.7 Å². The highest BCUT2D eigenvalue weighted by molar-refractivity contribution is 5.89. The fourth-order valence-corrected chi connectivity index (χ4v) is 2.62. The fourth-order valence-electron chi connectivity index (χ4n) is 2.62. The highest BCUT2D eigenvalue weighted by Crippen LogP contribution is 2.33. The first-order valence-corrected chi connectivity index (χ1v) is 7.85. The molecule has 0 fully saturated rings. The SMILES string of the molecule is CCOc1nc(NCc2ccc3c(c2)OCO3)c2ccccc2n1. The summed E-state index contributed by atoms with van der Waals surface area (Å²) in [4.78, 5) is 8.90. The Kier molecular flexibility index (Phi) is 3.78. The van der Waals surface area contributed by atoms with Gasteiger partial charge in [0.2, 0.25) is 6.79 Å². The smallest absolute Gasteiger partial charge is 0.318 e. The summed E-state index contributed by atoms with van der Waals surface area (Å²) >= 11 is 0. The van der Waals surface area contributed by atoms with Crippen LogP contribution < -0.4 is 19.5 Å². The van der Waals surface area contributed by atoms with Crippen LogP contribution in [0.25, 0.3) is 10.9 Å². The molecule has 0 atom stereocenters. The highest BCUT2D eigenvalue weighted by atomic mass is 16.7. The predicted molar refractivity (Wildman–Crippen MR) is 90.6 cm³/mol. The Morgan fingerprint density at radius 1 is 1.08 bits per heavy atom. The van der Waals surface area contributed by atoms with Gasteiger partial charge in [0.15, 0.2) is 11.5 Å². The van der Waals surface area contributed by atoms with Crippen LogP contribution in [0.15, 0.2) is 42.5 Å². The van der Waals surface area contributed by atoms with E-state index in [1.807, 2.05) is 49.4 Å². The Morgan fingerprint density at radius 3 is 2.88 bits per heavy atom. The van der Waals surface area contributed by atoms with Crippen LogP contribution in [0.5, 0.6) is 17.5 Å². The standard InChI is InChI=1S/C18H17N3O3/c1-2-22-18-20-14-6-4-3-5-13(14)17(21-18)19-10-12-7-8-15-16(9-12)24-11-23-15/h3-9H,2,10-11H2,1H3,(H,19,20,21). The van der Waals surface area contributed by atoms with E-state index >= 15 is 0 Å². The summed E-state index contributed by atoms with van der Waals surface area (Å²) < 4.78 is 16.2. The number of fused-ring (bicyclic) bond motifs is 2. The molecule has 2 aromatic carbocycles. The molecule has 0 unspecified atom stereocenters. The lowest BCUT2D eigenvalue weighted by Gasteiger charge is -2.11. The molecule has 0 saturated heterocycles. The van der Waals surface area contributed by atoms with E-state index in [2.05, 4.69) is 15.3 Å². The molecule has 4 rings (SSSR count). The van der Waals surface area contributed by atoms with Crippen LogP contribution in [-0.4, -0.2) is 23.4 Å². The normalized spacial score (nSPS) is 12.4. The van der Waals surface area contributed by atoms with E-state index < -0.39 is 0 Å². The number of nitrogens with zero attached hydrogens (tertiary/aromatic N) is 2. The van der Waals surface area contributed by atoms with Gasteiger partial charge in [-0.05, 0) is 36.8 Å². The number of aromatic nitrogens is 2. The molecule has 6 heteroatoms. The third-order valence-corrected chi connectivity index (χ3v) is 3.75. The highest BCUT2D eigenvalue weighted by Gasteiger charge is 2.13. The van der Waals surface area contributed by atoms with Gasteiger partial charge >= 0.3 is 6.01 Å². The number of ether oxygens (including phenoxy) is 3. The number of benzene rings is 2. The molecule has 24 heavy (non-hydrogen) atoms.